The van der Waals surface area contributed by atoms with Gasteiger partial charge in [-0.15, -0.1) is 0 Å². The number of aryl methyl sites for hydroxylation is 1. The van der Waals surface area contributed by atoms with Crippen LogP contribution >= 0.6 is 0 Å². The Labute approximate surface area is 97.0 Å². The maximum atomic E-state index is 11.8. The van der Waals surface area contributed by atoms with Gasteiger partial charge in [-0.2, -0.15) is 0 Å². The predicted molar refractivity (Wildman–Crippen MR) is 61.5 cm³/mol. The first-order chi connectivity index (χ1) is 8.09. The molecule has 1 aromatic heterocycles. The van der Waals surface area contributed by atoms with Crippen LogP contribution in [-0.4, -0.2) is 20.6 Å². The summed E-state index contributed by atoms with van der Waals surface area (Å²) in [6.07, 6.45) is 2.74. The topological polar surface area (TPSA) is 72.2 Å². The van der Waals surface area contributed by atoms with E-state index in [4.69, 9.17) is 5.11 Å². The van der Waals surface area contributed by atoms with Crippen molar-refractivity contribution < 1.29 is 9.90 Å². The van der Waals surface area contributed by atoms with Crippen LogP contribution in [-0.2, 0) is 0 Å². The third kappa shape index (κ3) is 2.08. The quantitative estimate of drug-likeness (QED) is 0.842. The summed E-state index contributed by atoms with van der Waals surface area (Å²) in [7, 11) is 0. The lowest BCUT2D eigenvalue weighted by Crippen LogP contribution is -2.26. The van der Waals surface area contributed by atoms with Crippen molar-refractivity contribution in [3.8, 4) is 5.69 Å². The molecule has 0 saturated heterocycles. The lowest BCUT2D eigenvalue weighted by molar-refractivity contribution is 0.0688. The molecule has 0 radical (unpaired) electrons. The van der Waals surface area contributed by atoms with Gasteiger partial charge in [-0.3, -0.25) is 9.36 Å². The summed E-state index contributed by atoms with van der Waals surface area (Å²) >= 11 is 0. The summed E-state index contributed by atoms with van der Waals surface area (Å²) in [5, 5.41) is 8.81. The Hall–Kier alpha value is -2.43. The van der Waals surface area contributed by atoms with Crippen LogP contribution in [0, 0.1) is 6.92 Å². The first kappa shape index (κ1) is 11.1. The fourth-order valence-electron chi connectivity index (χ4n) is 1.47. The van der Waals surface area contributed by atoms with Gasteiger partial charge in [0, 0.05) is 18.1 Å². The van der Waals surface area contributed by atoms with Crippen molar-refractivity contribution in [3.05, 3.63) is 58.3 Å². The van der Waals surface area contributed by atoms with Crippen molar-refractivity contribution in [2.75, 3.05) is 0 Å². The highest BCUT2D eigenvalue weighted by molar-refractivity contribution is 5.84. The first-order valence-corrected chi connectivity index (χ1v) is 4.97. The van der Waals surface area contributed by atoms with Gasteiger partial charge in [0.25, 0.3) is 5.56 Å². The molecule has 0 bridgehead atoms. The van der Waals surface area contributed by atoms with Crippen molar-refractivity contribution in [1.82, 2.24) is 9.55 Å². The number of carboxylic acid groups (broad SMARTS) is 1. The fourth-order valence-corrected chi connectivity index (χ4v) is 1.47. The highest BCUT2D eigenvalue weighted by Gasteiger charge is 2.12. The molecule has 0 spiro atoms. The Morgan fingerprint density at radius 2 is 1.94 bits per heavy atom. The number of benzene rings is 1. The zero-order valence-electron chi connectivity index (χ0n) is 9.12. The van der Waals surface area contributed by atoms with Gasteiger partial charge in [-0.25, -0.2) is 9.78 Å². The average Bonchev–Trinajstić information content (AvgIpc) is 2.30. The van der Waals surface area contributed by atoms with Crippen LogP contribution in [0.25, 0.3) is 5.69 Å². The van der Waals surface area contributed by atoms with Crippen LogP contribution in [0.1, 0.15) is 16.1 Å². The van der Waals surface area contributed by atoms with E-state index >= 15 is 0 Å². The van der Waals surface area contributed by atoms with Crippen LogP contribution in [0.4, 0.5) is 0 Å². The van der Waals surface area contributed by atoms with Gasteiger partial charge in [-0.05, 0) is 19.1 Å². The lowest BCUT2D eigenvalue weighted by atomic mass is 10.2. The molecule has 5 heteroatoms. The Balaban J connectivity index is 2.61. The number of nitrogens with zero attached hydrogens (tertiary/aromatic N) is 2. The maximum absolute atomic E-state index is 11.8. The number of aromatic carboxylic acids is 1. The predicted octanol–water partition coefficient (Wildman–Crippen LogP) is 1.24. The van der Waals surface area contributed by atoms with Crippen molar-refractivity contribution in [3.63, 3.8) is 0 Å². The number of rotatable bonds is 2. The van der Waals surface area contributed by atoms with Crippen LogP contribution < -0.4 is 5.56 Å². The van der Waals surface area contributed by atoms with E-state index in [1.54, 1.807) is 12.1 Å². The molecule has 1 heterocycles. The molecule has 0 aliphatic heterocycles. The van der Waals surface area contributed by atoms with E-state index in [9.17, 15) is 9.59 Å². The molecule has 0 unspecified atom stereocenters. The van der Waals surface area contributed by atoms with Crippen LogP contribution in [0.5, 0.6) is 0 Å². The van der Waals surface area contributed by atoms with Crippen LogP contribution in [0.3, 0.4) is 0 Å². The number of aromatic nitrogens is 2. The van der Waals surface area contributed by atoms with Gasteiger partial charge in [-0.1, -0.05) is 17.7 Å². The van der Waals surface area contributed by atoms with Gasteiger partial charge in [0.1, 0.15) is 0 Å². The minimum atomic E-state index is -1.32. The largest absolute Gasteiger partial charge is 0.476 e. The van der Waals surface area contributed by atoms with E-state index < -0.39 is 17.2 Å². The first-order valence-electron chi connectivity index (χ1n) is 4.97. The van der Waals surface area contributed by atoms with Gasteiger partial charge in [0.2, 0.25) is 5.69 Å². The third-order valence-electron chi connectivity index (χ3n) is 2.36. The standard InChI is InChI=1S/C12H10N2O3/c1-8-2-4-9(5-3-8)14-7-6-13-10(11(14)15)12(16)17/h2-7H,1H3,(H,16,17). The zero-order chi connectivity index (χ0) is 12.4. The number of carboxylic acids is 1. The second kappa shape index (κ2) is 4.21. The molecular weight excluding hydrogens is 220 g/mol. The zero-order valence-corrected chi connectivity index (χ0v) is 9.12. The number of hydrogen-bond donors (Lipinski definition) is 1. The molecule has 86 valence electrons. The number of hydrogen-bond acceptors (Lipinski definition) is 3. The molecule has 0 atom stereocenters. The molecule has 0 amide bonds. The van der Waals surface area contributed by atoms with Crippen molar-refractivity contribution in [2.24, 2.45) is 0 Å². The fraction of sp³-hybridized carbons (Fsp3) is 0.0833. The molecule has 1 aromatic carbocycles. The maximum Gasteiger partial charge on any atom is 0.360 e. The van der Waals surface area contributed by atoms with E-state index in [1.807, 2.05) is 19.1 Å². The van der Waals surface area contributed by atoms with E-state index in [-0.39, 0.29) is 0 Å². The Kier molecular flexibility index (Phi) is 2.74. The summed E-state index contributed by atoms with van der Waals surface area (Å²) < 4.78 is 1.26. The minimum absolute atomic E-state index is 0.479. The highest BCUT2D eigenvalue weighted by atomic mass is 16.4. The Morgan fingerprint density at radius 3 is 2.53 bits per heavy atom. The molecule has 0 fully saturated rings. The summed E-state index contributed by atoms with van der Waals surface area (Å²) in [5.41, 5.74) is 0.566. The Morgan fingerprint density at radius 1 is 1.29 bits per heavy atom. The minimum Gasteiger partial charge on any atom is -0.476 e. The van der Waals surface area contributed by atoms with E-state index in [0.29, 0.717) is 5.69 Å². The van der Waals surface area contributed by atoms with E-state index in [2.05, 4.69) is 4.98 Å². The van der Waals surface area contributed by atoms with Gasteiger partial charge >= 0.3 is 5.97 Å². The summed E-state index contributed by atoms with van der Waals surface area (Å²) in [4.78, 5) is 26.1. The normalized spacial score (nSPS) is 10.2. The molecule has 0 aliphatic carbocycles. The van der Waals surface area contributed by atoms with Gasteiger partial charge in [0.15, 0.2) is 0 Å². The van der Waals surface area contributed by atoms with Crippen molar-refractivity contribution in [2.45, 2.75) is 6.92 Å². The summed E-state index contributed by atoms with van der Waals surface area (Å²) in [6, 6.07) is 7.20. The molecule has 1 N–H and O–H groups in total. The SMILES string of the molecule is Cc1ccc(-n2ccnc(C(=O)O)c2=O)cc1. The van der Waals surface area contributed by atoms with Gasteiger partial charge < -0.3 is 5.11 Å². The van der Waals surface area contributed by atoms with Crippen molar-refractivity contribution >= 4 is 5.97 Å². The van der Waals surface area contributed by atoms with Gasteiger partial charge in [0.05, 0.1) is 0 Å². The molecule has 17 heavy (non-hydrogen) atoms. The second-order valence-corrected chi connectivity index (χ2v) is 3.59. The van der Waals surface area contributed by atoms with Crippen LogP contribution in [0.2, 0.25) is 0 Å². The third-order valence-corrected chi connectivity index (χ3v) is 2.36. The van der Waals surface area contributed by atoms with Crippen molar-refractivity contribution in [1.29, 1.82) is 0 Å². The molecular formula is C12H10N2O3. The van der Waals surface area contributed by atoms with E-state index in [1.165, 1.54) is 17.0 Å². The molecule has 0 saturated carbocycles. The Bertz CT molecular complexity index is 614. The molecule has 2 rings (SSSR count). The summed E-state index contributed by atoms with van der Waals surface area (Å²) in [6.45, 7) is 1.93. The monoisotopic (exact) mass is 230 g/mol. The highest BCUT2D eigenvalue weighted by Crippen LogP contribution is 2.06. The van der Waals surface area contributed by atoms with Crippen LogP contribution in [0.15, 0.2) is 41.5 Å². The smallest absolute Gasteiger partial charge is 0.360 e. The molecule has 5 nitrogen and oxygen atoms in total. The second-order valence-electron chi connectivity index (χ2n) is 3.59. The summed E-state index contributed by atoms with van der Waals surface area (Å²) in [5.74, 6) is -1.32. The van der Waals surface area contributed by atoms with E-state index in [0.717, 1.165) is 5.56 Å². The number of carbonyl (C=O) groups is 1. The molecule has 2 aromatic rings. The lowest BCUT2D eigenvalue weighted by Gasteiger charge is -2.05. The average molecular weight is 230 g/mol. The molecule has 0 aliphatic rings.